The van der Waals surface area contributed by atoms with Gasteiger partial charge in [0.25, 0.3) is 0 Å². The van der Waals surface area contributed by atoms with Gasteiger partial charge in [-0.25, -0.2) is 21.2 Å². The maximum atomic E-state index is 13.5. The predicted molar refractivity (Wildman–Crippen MR) is 100 cm³/mol. The van der Waals surface area contributed by atoms with E-state index >= 15 is 0 Å². The summed E-state index contributed by atoms with van der Waals surface area (Å²) < 4.78 is 66.9. The van der Waals surface area contributed by atoms with Crippen LogP contribution < -0.4 is 0 Å². The van der Waals surface area contributed by atoms with Crippen LogP contribution >= 0.6 is 11.6 Å². The van der Waals surface area contributed by atoms with E-state index in [4.69, 9.17) is 11.6 Å². The van der Waals surface area contributed by atoms with Gasteiger partial charge >= 0.3 is 0 Å². The molecule has 3 rings (SSSR count). The molecule has 0 atom stereocenters. The Morgan fingerprint density at radius 2 is 1.37 bits per heavy atom. The molecule has 0 saturated carbocycles. The van der Waals surface area contributed by atoms with Crippen molar-refractivity contribution in [1.29, 1.82) is 0 Å². The summed E-state index contributed by atoms with van der Waals surface area (Å²) in [6.45, 7) is 1.60. The highest BCUT2D eigenvalue weighted by Crippen LogP contribution is 2.24. The van der Waals surface area contributed by atoms with Crippen LogP contribution in [-0.2, 0) is 20.0 Å². The highest BCUT2D eigenvalue weighted by molar-refractivity contribution is 7.89. The molecule has 2 aromatic carbocycles. The van der Waals surface area contributed by atoms with E-state index < -0.39 is 25.9 Å². The second-order valence-electron chi connectivity index (χ2n) is 6.17. The molecule has 0 aliphatic carbocycles. The molecule has 6 nitrogen and oxygen atoms in total. The molecular weight excluding hydrogens is 415 g/mol. The lowest BCUT2D eigenvalue weighted by molar-refractivity contribution is 0.272. The summed E-state index contributed by atoms with van der Waals surface area (Å²) in [5.74, 6) is -0.636. The molecule has 1 aliphatic rings. The van der Waals surface area contributed by atoms with Crippen LogP contribution in [0.4, 0.5) is 4.39 Å². The zero-order chi connectivity index (χ0) is 19.8. The molecule has 0 aromatic heterocycles. The molecule has 10 heteroatoms. The molecule has 0 bridgehead atoms. The second kappa shape index (κ2) is 7.48. The van der Waals surface area contributed by atoms with Crippen LogP contribution in [0.1, 0.15) is 5.56 Å². The van der Waals surface area contributed by atoms with Gasteiger partial charge < -0.3 is 0 Å². The number of hydrogen-bond acceptors (Lipinski definition) is 4. The molecule has 0 N–H and O–H groups in total. The Balaban J connectivity index is 1.78. The summed E-state index contributed by atoms with van der Waals surface area (Å²) in [6.07, 6.45) is 0. The van der Waals surface area contributed by atoms with E-state index in [9.17, 15) is 21.2 Å². The van der Waals surface area contributed by atoms with Gasteiger partial charge in [-0.3, -0.25) is 0 Å². The van der Waals surface area contributed by atoms with E-state index in [-0.39, 0.29) is 36.0 Å². The van der Waals surface area contributed by atoms with Crippen LogP contribution in [-0.4, -0.2) is 51.6 Å². The number of sulfonamides is 2. The maximum absolute atomic E-state index is 13.5. The number of halogens is 2. The van der Waals surface area contributed by atoms with Crippen molar-refractivity contribution in [2.75, 3.05) is 26.2 Å². The van der Waals surface area contributed by atoms with Crippen molar-refractivity contribution < 1.29 is 21.2 Å². The minimum atomic E-state index is -3.90. The normalized spacial score (nSPS) is 17.1. The van der Waals surface area contributed by atoms with Crippen LogP contribution in [0.3, 0.4) is 0 Å². The average Bonchev–Trinajstić information content (AvgIpc) is 2.64. The molecule has 27 heavy (non-hydrogen) atoms. The van der Waals surface area contributed by atoms with E-state index in [1.165, 1.54) is 45.0 Å². The highest BCUT2D eigenvalue weighted by atomic mass is 35.5. The lowest BCUT2D eigenvalue weighted by atomic mass is 10.2. The molecule has 1 aliphatic heterocycles. The number of benzene rings is 2. The molecule has 146 valence electrons. The Labute approximate surface area is 163 Å². The number of piperazine rings is 1. The van der Waals surface area contributed by atoms with Crippen molar-refractivity contribution in [1.82, 2.24) is 8.61 Å². The van der Waals surface area contributed by atoms with Crippen molar-refractivity contribution in [3.63, 3.8) is 0 Å². The summed E-state index contributed by atoms with van der Waals surface area (Å²) in [6, 6.07) is 9.40. The zero-order valence-electron chi connectivity index (χ0n) is 14.5. The Hall–Kier alpha value is -1.52. The minimum Gasteiger partial charge on any atom is -0.207 e. The first-order valence-electron chi connectivity index (χ1n) is 8.14. The first-order chi connectivity index (χ1) is 12.6. The van der Waals surface area contributed by atoms with Crippen LogP contribution in [0.25, 0.3) is 0 Å². The molecule has 1 fully saturated rings. The van der Waals surface area contributed by atoms with Gasteiger partial charge in [-0.05, 0) is 48.9 Å². The Kier molecular flexibility index (Phi) is 5.60. The predicted octanol–water partition coefficient (Wildman–Crippen LogP) is 2.48. The van der Waals surface area contributed by atoms with Gasteiger partial charge in [0.1, 0.15) is 5.82 Å². The van der Waals surface area contributed by atoms with Gasteiger partial charge in [0.2, 0.25) is 20.0 Å². The van der Waals surface area contributed by atoms with E-state index in [2.05, 4.69) is 0 Å². The van der Waals surface area contributed by atoms with Crippen molar-refractivity contribution in [3.05, 3.63) is 58.9 Å². The van der Waals surface area contributed by atoms with Crippen LogP contribution in [0.15, 0.2) is 52.3 Å². The van der Waals surface area contributed by atoms with Crippen molar-refractivity contribution >= 4 is 31.6 Å². The first-order valence-corrected chi connectivity index (χ1v) is 11.4. The van der Waals surface area contributed by atoms with Crippen molar-refractivity contribution in [2.45, 2.75) is 16.7 Å². The molecule has 0 radical (unpaired) electrons. The molecule has 2 aromatic rings. The number of aryl methyl sites for hydroxylation is 1. The fraction of sp³-hybridized carbons (Fsp3) is 0.294. The van der Waals surface area contributed by atoms with Gasteiger partial charge in [0.15, 0.2) is 0 Å². The number of nitrogens with zero attached hydrogens (tertiary/aromatic N) is 2. The summed E-state index contributed by atoms with van der Waals surface area (Å²) in [7, 11) is -7.63. The molecule has 0 amide bonds. The van der Waals surface area contributed by atoms with Gasteiger partial charge in [-0.1, -0.05) is 17.7 Å². The number of hydrogen-bond donors (Lipinski definition) is 0. The van der Waals surface area contributed by atoms with Crippen molar-refractivity contribution in [2.24, 2.45) is 0 Å². The summed E-state index contributed by atoms with van der Waals surface area (Å²) in [5.41, 5.74) is 0.438. The molecule has 1 saturated heterocycles. The lowest BCUT2D eigenvalue weighted by Crippen LogP contribution is -2.50. The second-order valence-corrected chi connectivity index (χ2v) is 10.5. The fourth-order valence-corrected chi connectivity index (χ4v) is 6.10. The SMILES string of the molecule is Cc1ccc(F)cc1S(=O)(=O)N1CCN(S(=O)(=O)c2ccc(Cl)cc2)CC1. The van der Waals surface area contributed by atoms with Crippen LogP contribution in [0.5, 0.6) is 0 Å². The quantitative estimate of drug-likeness (QED) is 0.743. The zero-order valence-corrected chi connectivity index (χ0v) is 16.9. The smallest absolute Gasteiger partial charge is 0.207 e. The van der Waals surface area contributed by atoms with E-state index in [0.29, 0.717) is 10.6 Å². The molecule has 1 heterocycles. The Bertz CT molecular complexity index is 1050. The van der Waals surface area contributed by atoms with Crippen LogP contribution in [0.2, 0.25) is 5.02 Å². The minimum absolute atomic E-state index is 0.00882. The van der Waals surface area contributed by atoms with E-state index in [1.54, 1.807) is 6.92 Å². The molecule has 0 spiro atoms. The van der Waals surface area contributed by atoms with Crippen molar-refractivity contribution in [3.8, 4) is 0 Å². The van der Waals surface area contributed by atoms with Gasteiger partial charge in [0, 0.05) is 31.2 Å². The fourth-order valence-electron chi connectivity index (χ4n) is 2.90. The third kappa shape index (κ3) is 4.02. The monoisotopic (exact) mass is 432 g/mol. The first kappa shape index (κ1) is 20.2. The number of rotatable bonds is 4. The third-order valence-corrected chi connectivity index (χ3v) is 8.62. The Morgan fingerprint density at radius 1 is 0.852 bits per heavy atom. The summed E-state index contributed by atoms with van der Waals surface area (Å²) >= 11 is 5.79. The van der Waals surface area contributed by atoms with Crippen LogP contribution in [0, 0.1) is 12.7 Å². The third-order valence-electron chi connectivity index (χ3n) is 4.42. The lowest BCUT2D eigenvalue weighted by Gasteiger charge is -2.33. The highest BCUT2D eigenvalue weighted by Gasteiger charge is 2.34. The largest absolute Gasteiger partial charge is 0.243 e. The molecular formula is C17H18ClFN2O4S2. The Morgan fingerprint density at radius 3 is 1.93 bits per heavy atom. The average molecular weight is 433 g/mol. The van der Waals surface area contributed by atoms with Gasteiger partial charge in [-0.15, -0.1) is 0 Å². The molecule has 0 unspecified atom stereocenters. The topological polar surface area (TPSA) is 74.8 Å². The summed E-state index contributed by atoms with van der Waals surface area (Å²) in [5, 5.41) is 0.426. The van der Waals surface area contributed by atoms with Gasteiger partial charge in [0.05, 0.1) is 9.79 Å². The maximum Gasteiger partial charge on any atom is 0.243 e. The van der Waals surface area contributed by atoms with Gasteiger partial charge in [-0.2, -0.15) is 8.61 Å². The standard InChI is InChI=1S/C17H18ClFN2O4S2/c1-13-2-5-15(19)12-17(13)27(24,25)21-10-8-20(9-11-21)26(22,23)16-6-3-14(18)4-7-16/h2-7,12H,8-11H2,1H3. The van der Waals surface area contributed by atoms with E-state index in [0.717, 1.165) is 6.07 Å². The summed E-state index contributed by atoms with van der Waals surface area (Å²) in [4.78, 5) is 0.000639. The van der Waals surface area contributed by atoms with E-state index in [1.807, 2.05) is 0 Å².